The van der Waals surface area contributed by atoms with Crippen LogP contribution in [0, 0.1) is 0 Å². The van der Waals surface area contributed by atoms with Gasteiger partial charge in [0.25, 0.3) is 0 Å². The lowest BCUT2D eigenvalue weighted by atomic mass is 9.98. The van der Waals surface area contributed by atoms with Gasteiger partial charge in [0.2, 0.25) is 0 Å². The molecule has 0 bridgehead atoms. The van der Waals surface area contributed by atoms with Gasteiger partial charge in [0.15, 0.2) is 0 Å². The Morgan fingerprint density at radius 1 is 0.939 bits per heavy atom. The molecule has 4 rings (SSSR count). The van der Waals surface area contributed by atoms with Crippen molar-refractivity contribution < 1.29 is 19.2 Å². The van der Waals surface area contributed by atoms with Gasteiger partial charge in [0.05, 0.1) is 13.0 Å². The highest BCUT2D eigenvalue weighted by Crippen LogP contribution is 2.33. The molecular formula is C26H26N2O4S. The first-order valence-corrected chi connectivity index (χ1v) is 11.5. The molecular weight excluding hydrogens is 436 g/mol. The van der Waals surface area contributed by atoms with Crippen LogP contribution in [0.1, 0.15) is 36.2 Å². The predicted molar refractivity (Wildman–Crippen MR) is 132 cm³/mol. The number of nitrogens with zero attached hydrogens (tertiary/aromatic N) is 1. The second-order valence-corrected chi connectivity index (χ2v) is 8.96. The Labute approximate surface area is 196 Å². The average molecular weight is 463 g/mol. The van der Waals surface area contributed by atoms with E-state index in [2.05, 4.69) is 5.32 Å². The summed E-state index contributed by atoms with van der Waals surface area (Å²) < 4.78 is 6.39. The Bertz CT molecular complexity index is 1280. The smallest absolute Gasteiger partial charge is 0.350 e. The van der Waals surface area contributed by atoms with E-state index < -0.39 is 24.0 Å². The summed E-state index contributed by atoms with van der Waals surface area (Å²) in [6.07, 6.45) is 0. The molecule has 170 valence electrons. The molecule has 7 heteroatoms. The largest absolute Gasteiger partial charge is 0.497 e. The number of thiophene rings is 1. The second-order valence-electron chi connectivity index (χ2n) is 7.85. The molecule has 1 heterocycles. The first-order valence-electron chi connectivity index (χ1n) is 10.7. The van der Waals surface area contributed by atoms with Crippen LogP contribution in [-0.4, -0.2) is 31.2 Å². The van der Waals surface area contributed by atoms with Crippen LogP contribution in [0.4, 0.5) is 4.79 Å². The van der Waals surface area contributed by atoms with E-state index in [0.29, 0.717) is 0 Å². The van der Waals surface area contributed by atoms with E-state index >= 15 is 0 Å². The fourth-order valence-corrected chi connectivity index (χ4v) is 4.78. The Kier molecular flexibility index (Phi) is 6.51. The lowest BCUT2D eigenvalue weighted by Crippen LogP contribution is -2.41. The molecule has 0 aliphatic heterocycles. The fourth-order valence-electron chi connectivity index (χ4n) is 3.68. The van der Waals surface area contributed by atoms with E-state index in [0.717, 1.165) is 42.1 Å². The fraction of sp³-hybridized carbons (Fsp3) is 0.231. The third-order valence-corrected chi connectivity index (χ3v) is 7.02. The van der Waals surface area contributed by atoms with Crippen molar-refractivity contribution in [1.29, 1.82) is 0 Å². The lowest BCUT2D eigenvalue weighted by molar-refractivity contribution is -0.185. The summed E-state index contributed by atoms with van der Waals surface area (Å²) in [6.45, 7) is 3.63. The molecule has 0 fully saturated rings. The van der Waals surface area contributed by atoms with Crippen molar-refractivity contribution in [3.8, 4) is 5.75 Å². The number of carbonyl (C=O) groups excluding carboxylic acids is 2. The number of benzene rings is 3. The van der Waals surface area contributed by atoms with Gasteiger partial charge in [-0.3, -0.25) is 0 Å². The van der Waals surface area contributed by atoms with Crippen LogP contribution in [0.5, 0.6) is 5.75 Å². The minimum absolute atomic E-state index is 0.442. The molecule has 1 N–H and O–H groups in total. The van der Waals surface area contributed by atoms with Crippen LogP contribution >= 0.6 is 11.3 Å². The maximum absolute atomic E-state index is 13.1. The zero-order valence-electron chi connectivity index (χ0n) is 19.0. The summed E-state index contributed by atoms with van der Waals surface area (Å²) in [5, 5.41) is 6.80. The summed E-state index contributed by atoms with van der Waals surface area (Å²) in [5.74, 6) is -0.281. The van der Waals surface area contributed by atoms with Gasteiger partial charge in [0, 0.05) is 16.6 Å². The van der Waals surface area contributed by atoms with Gasteiger partial charge in [-0.15, -0.1) is 16.4 Å². The van der Waals surface area contributed by atoms with Crippen molar-refractivity contribution in [3.05, 3.63) is 77.2 Å². The predicted octanol–water partition coefficient (Wildman–Crippen LogP) is 6.03. The molecule has 0 spiro atoms. The molecule has 6 nitrogen and oxygen atoms in total. The number of hydrogen-bond acceptors (Lipinski definition) is 5. The minimum Gasteiger partial charge on any atom is -0.497 e. The summed E-state index contributed by atoms with van der Waals surface area (Å²) in [7, 11) is 3.15. The molecule has 1 aromatic heterocycles. The van der Waals surface area contributed by atoms with E-state index in [4.69, 9.17) is 9.57 Å². The molecule has 2 amide bonds. The highest BCUT2D eigenvalue weighted by molar-refractivity contribution is 7.19. The standard InChI is InChI=1S/C26H26N2O4S/c1-16(18-9-10-20-14-22(31-4)12-11-19(20)13-18)25(29)32-28(26(30)27-3)17(2)24-15-21-7-5-6-8-23(21)33-24/h5-17H,1-4H3,(H,27,30)/t16-,17?/m0/s1. The number of methoxy groups -OCH3 is 1. The van der Waals surface area contributed by atoms with Crippen molar-refractivity contribution in [2.75, 3.05) is 14.2 Å². The molecule has 0 aliphatic carbocycles. The van der Waals surface area contributed by atoms with Gasteiger partial charge in [-0.05, 0) is 59.8 Å². The van der Waals surface area contributed by atoms with Gasteiger partial charge < -0.3 is 14.9 Å². The van der Waals surface area contributed by atoms with Crippen molar-refractivity contribution >= 4 is 44.2 Å². The van der Waals surface area contributed by atoms with Gasteiger partial charge in [-0.2, -0.15) is 0 Å². The third-order valence-electron chi connectivity index (χ3n) is 5.74. The highest BCUT2D eigenvalue weighted by Gasteiger charge is 2.29. The van der Waals surface area contributed by atoms with Crippen LogP contribution in [0.2, 0.25) is 0 Å². The maximum Gasteiger partial charge on any atom is 0.350 e. The first-order chi connectivity index (χ1) is 15.9. The summed E-state index contributed by atoms with van der Waals surface area (Å²) in [6, 6.07) is 20.7. The number of hydroxylamine groups is 2. The van der Waals surface area contributed by atoms with Crippen LogP contribution in [0.25, 0.3) is 20.9 Å². The minimum atomic E-state index is -0.557. The Balaban J connectivity index is 1.56. The molecule has 0 aliphatic rings. The monoisotopic (exact) mass is 462 g/mol. The van der Waals surface area contributed by atoms with E-state index in [-0.39, 0.29) is 0 Å². The topological polar surface area (TPSA) is 67.9 Å². The van der Waals surface area contributed by atoms with Gasteiger partial charge in [0.1, 0.15) is 11.8 Å². The average Bonchev–Trinajstić information content (AvgIpc) is 3.29. The van der Waals surface area contributed by atoms with Gasteiger partial charge >= 0.3 is 12.0 Å². The summed E-state index contributed by atoms with van der Waals surface area (Å²) in [4.78, 5) is 32.2. The van der Waals surface area contributed by atoms with Crippen LogP contribution in [0.15, 0.2) is 66.7 Å². The molecule has 33 heavy (non-hydrogen) atoms. The first kappa shape index (κ1) is 22.6. The number of nitrogens with one attached hydrogen (secondary N) is 1. The SMILES string of the molecule is CNC(=O)N(OC(=O)[C@@H](C)c1ccc2cc(OC)ccc2c1)C(C)c1cc2ccccc2s1. The van der Waals surface area contributed by atoms with E-state index in [1.807, 2.05) is 73.7 Å². The van der Waals surface area contributed by atoms with Crippen molar-refractivity contribution in [3.63, 3.8) is 0 Å². The summed E-state index contributed by atoms with van der Waals surface area (Å²) >= 11 is 1.57. The number of rotatable bonds is 5. The van der Waals surface area contributed by atoms with Crippen LogP contribution < -0.4 is 10.1 Å². The Morgan fingerprint density at radius 2 is 1.67 bits per heavy atom. The molecule has 0 radical (unpaired) electrons. The maximum atomic E-state index is 13.1. The zero-order valence-corrected chi connectivity index (χ0v) is 19.8. The normalized spacial score (nSPS) is 12.8. The molecule has 3 aromatic carbocycles. The molecule has 2 atom stereocenters. The van der Waals surface area contributed by atoms with Crippen molar-refractivity contribution in [2.24, 2.45) is 0 Å². The number of amides is 2. The Morgan fingerprint density at radius 3 is 2.39 bits per heavy atom. The molecule has 4 aromatic rings. The number of urea groups is 1. The lowest BCUT2D eigenvalue weighted by Gasteiger charge is -2.27. The second kappa shape index (κ2) is 9.50. The van der Waals surface area contributed by atoms with Crippen LogP contribution in [0.3, 0.4) is 0 Å². The zero-order chi connectivity index (χ0) is 23.5. The molecule has 0 saturated carbocycles. The van der Waals surface area contributed by atoms with E-state index in [1.165, 1.54) is 7.05 Å². The highest BCUT2D eigenvalue weighted by atomic mass is 32.1. The number of fused-ring (bicyclic) bond motifs is 2. The third kappa shape index (κ3) is 4.64. The number of ether oxygens (including phenoxy) is 1. The van der Waals surface area contributed by atoms with Gasteiger partial charge in [-0.1, -0.05) is 42.5 Å². The summed E-state index contributed by atoms with van der Waals surface area (Å²) in [5.41, 5.74) is 0.809. The van der Waals surface area contributed by atoms with E-state index in [1.54, 1.807) is 25.4 Å². The number of hydrogen-bond donors (Lipinski definition) is 1. The van der Waals surface area contributed by atoms with Gasteiger partial charge in [-0.25, -0.2) is 9.59 Å². The number of carbonyl (C=O) groups is 2. The van der Waals surface area contributed by atoms with E-state index in [9.17, 15) is 9.59 Å². The Hall–Kier alpha value is -3.58. The molecule has 1 unspecified atom stereocenters. The quantitative estimate of drug-likeness (QED) is 0.368. The van der Waals surface area contributed by atoms with Crippen molar-refractivity contribution in [1.82, 2.24) is 10.4 Å². The molecule has 0 saturated heterocycles. The van der Waals surface area contributed by atoms with Crippen molar-refractivity contribution in [2.45, 2.75) is 25.8 Å². The van der Waals surface area contributed by atoms with Crippen LogP contribution in [-0.2, 0) is 9.63 Å².